The Morgan fingerprint density at radius 3 is 2.56 bits per heavy atom. The molecule has 1 unspecified atom stereocenters. The van der Waals surface area contributed by atoms with Gasteiger partial charge in [0.25, 0.3) is 0 Å². The number of para-hydroxylation sites is 1. The van der Waals surface area contributed by atoms with Gasteiger partial charge in [-0.25, -0.2) is 0 Å². The summed E-state index contributed by atoms with van der Waals surface area (Å²) in [7, 11) is 0. The Hall–Kier alpha value is -2.49. The first-order chi connectivity index (χ1) is 8.68. The lowest BCUT2D eigenvalue weighted by molar-refractivity contribution is -0.137. The molecule has 0 aromatic heterocycles. The van der Waals surface area contributed by atoms with E-state index in [4.69, 9.17) is 4.74 Å². The second-order valence-electron chi connectivity index (χ2n) is 4.10. The summed E-state index contributed by atoms with van der Waals surface area (Å²) in [6.45, 7) is 0. The molecule has 1 atom stereocenters. The number of benzene rings is 2. The molecule has 18 heavy (non-hydrogen) atoms. The normalized spacial score (nSPS) is 16.3. The molecule has 4 nitrogen and oxygen atoms in total. The van der Waals surface area contributed by atoms with Crippen LogP contribution in [-0.4, -0.2) is 16.2 Å². The van der Waals surface area contributed by atoms with E-state index in [0.717, 1.165) is 0 Å². The van der Waals surface area contributed by atoms with Crippen molar-refractivity contribution < 1.29 is 19.7 Å². The summed E-state index contributed by atoms with van der Waals surface area (Å²) in [6, 6.07) is 11.7. The van der Waals surface area contributed by atoms with Crippen LogP contribution in [0.3, 0.4) is 0 Å². The highest BCUT2D eigenvalue weighted by Crippen LogP contribution is 2.47. The van der Waals surface area contributed by atoms with Gasteiger partial charge in [-0.2, -0.15) is 0 Å². The van der Waals surface area contributed by atoms with Gasteiger partial charge in [-0.05, 0) is 18.2 Å². The summed E-state index contributed by atoms with van der Waals surface area (Å²) in [5.41, 5.74) is 0.864. The maximum absolute atomic E-state index is 11.5. The number of aliphatic carboxylic acids is 1. The van der Waals surface area contributed by atoms with E-state index in [2.05, 4.69) is 0 Å². The van der Waals surface area contributed by atoms with Crippen LogP contribution >= 0.6 is 0 Å². The molecule has 0 fully saturated rings. The lowest BCUT2D eigenvalue weighted by Gasteiger charge is -2.26. The molecule has 2 N–H and O–H groups in total. The van der Waals surface area contributed by atoms with E-state index in [-0.39, 0.29) is 5.75 Å². The molecule has 0 saturated heterocycles. The van der Waals surface area contributed by atoms with Gasteiger partial charge in [0.05, 0.1) is 5.56 Å². The third-order valence-corrected chi connectivity index (χ3v) is 3.03. The van der Waals surface area contributed by atoms with E-state index in [1.54, 1.807) is 36.4 Å². The van der Waals surface area contributed by atoms with E-state index in [1.165, 1.54) is 6.07 Å². The van der Waals surface area contributed by atoms with Gasteiger partial charge in [-0.15, -0.1) is 0 Å². The summed E-state index contributed by atoms with van der Waals surface area (Å²) >= 11 is 0. The number of carboxylic acid groups (broad SMARTS) is 1. The molecule has 0 saturated carbocycles. The fraction of sp³-hybridized carbons (Fsp3) is 0.0714. The molecule has 0 spiro atoms. The Morgan fingerprint density at radius 2 is 1.78 bits per heavy atom. The van der Waals surface area contributed by atoms with Crippen molar-refractivity contribution >= 4 is 5.97 Å². The number of hydrogen-bond acceptors (Lipinski definition) is 3. The van der Waals surface area contributed by atoms with Gasteiger partial charge in [-0.3, -0.25) is 4.79 Å². The van der Waals surface area contributed by atoms with E-state index in [1.807, 2.05) is 0 Å². The minimum absolute atomic E-state index is 0.0607. The molecule has 1 heterocycles. The lowest BCUT2D eigenvalue weighted by atomic mass is 9.87. The molecule has 1 aliphatic heterocycles. The van der Waals surface area contributed by atoms with Crippen LogP contribution in [0, 0.1) is 0 Å². The average Bonchev–Trinajstić information content (AvgIpc) is 2.36. The van der Waals surface area contributed by atoms with Gasteiger partial charge in [0.2, 0.25) is 0 Å². The summed E-state index contributed by atoms with van der Waals surface area (Å²) in [5, 5.41) is 19.2. The van der Waals surface area contributed by atoms with Gasteiger partial charge in [0.15, 0.2) is 0 Å². The largest absolute Gasteiger partial charge is 0.507 e. The number of rotatable bonds is 1. The molecule has 0 amide bonds. The number of carboxylic acids is 1. The number of ether oxygens (including phenoxy) is 1. The van der Waals surface area contributed by atoms with Crippen molar-refractivity contribution in [2.45, 2.75) is 5.92 Å². The van der Waals surface area contributed by atoms with Crippen molar-refractivity contribution in [2.75, 3.05) is 0 Å². The molecule has 2 aromatic rings. The quantitative estimate of drug-likeness (QED) is 0.806. The van der Waals surface area contributed by atoms with Crippen LogP contribution < -0.4 is 4.74 Å². The number of carbonyl (C=O) groups is 1. The molecule has 90 valence electrons. The highest BCUT2D eigenvalue weighted by molar-refractivity contribution is 5.85. The van der Waals surface area contributed by atoms with Gasteiger partial charge in [0.1, 0.15) is 23.2 Å². The zero-order valence-electron chi connectivity index (χ0n) is 9.33. The van der Waals surface area contributed by atoms with E-state index < -0.39 is 11.9 Å². The third kappa shape index (κ3) is 1.43. The number of hydrogen-bond donors (Lipinski definition) is 2. The first-order valence-electron chi connectivity index (χ1n) is 5.50. The Kier molecular flexibility index (Phi) is 2.23. The monoisotopic (exact) mass is 242 g/mol. The van der Waals surface area contributed by atoms with Gasteiger partial charge in [-0.1, -0.05) is 24.3 Å². The molecule has 0 aliphatic carbocycles. The van der Waals surface area contributed by atoms with E-state index in [9.17, 15) is 15.0 Å². The van der Waals surface area contributed by atoms with Gasteiger partial charge in [0, 0.05) is 5.56 Å². The number of aromatic hydroxyl groups is 1. The van der Waals surface area contributed by atoms with E-state index >= 15 is 0 Å². The Labute approximate surface area is 103 Å². The molecule has 0 radical (unpaired) electrons. The Morgan fingerprint density at radius 1 is 1.06 bits per heavy atom. The van der Waals surface area contributed by atoms with Crippen molar-refractivity contribution in [3.8, 4) is 17.2 Å². The predicted octanol–water partition coefficient (Wildman–Crippen LogP) is 2.71. The number of phenols is 1. The smallest absolute Gasteiger partial charge is 0.315 e. The van der Waals surface area contributed by atoms with Crippen molar-refractivity contribution in [2.24, 2.45) is 0 Å². The Bertz CT molecular complexity index is 633. The fourth-order valence-corrected chi connectivity index (χ4v) is 2.25. The molecule has 2 aromatic carbocycles. The number of fused-ring (bicyclic) bond motifs is 2. The van der Waals surface area contributed by atoms with Gasteiger partial charge < -0.3 is 14.9 Å². The first-order valence-corrected chi connectivity index (χ1v) is 5.50. The fourth-order valence-electron chi connectivity index (χ4n) is 2.25. The van der Waals surface area contributed by atoms with Crippen LogP contribution in [-0.2, 0) is 4.79 Å². The topological polar surface area (TPSA) is 66.8 Å². The maximum atomic E-state index is 11.5. The summed E-state index contributed by atoms with van der Waals surface area (Å²) in [6.07, 6.45) is 0. The standard InChI is InChI=1S/C14H10O4/c15-9-5-3-7-11-13(9)12(14(16)17)8-4-1-2-6-10(8)18-11/h1-7,12,15H,(H,16,17). The SMILES string of the molecule is O=C(O)C1c2ccccc2Oc2cccc(O)c21. The van der Waals surface area contributed by atoms with Crippen molar-refractivity contribution in [3.05, 3.63) is 53.6 Å². The van der Waals surface area contributed by atoms with Crippen LogP contribution in [0.5, 0.6) is 17.2 Å². The van der Waals surface area contributed by atoms with Crippen molar-refractivity contribution in [3.63, 3.8) is 0 Å². The Balaban J connectivity index is 2.28. The third-order valence-electron chi connectivity index (χ3n) is 3.03. The first kappa shape index (κ1) is 10.7. The summed E-state index contributed by atoms with van der Waals surface area (Å²) in [4.78, 5) is 11.5. The highest BCUT2D eigenvalue weighted by atomic mass is 16.5. The van der Waals surface area contributed by atoms with Gasteiger partial charge >= 0.3 is 5.97 Å². The second-order valence-corrected chi connectivity index (χ2v) is 4.10. The predicted molar refractivity (Wildman–Crippen MR) is 64.1 cm³/mol. The molecule has 1 aliphatic rings. The van der Waals surface area contributed by atoms with Crippen LogP contribution in [0.1, 0.15) is 17.0 Å². The minimum Gasteiger partial charge on any atom is -0.507 e. The molecule has 4 heteroatoms. The van der Waals surface area contributed by atoms with Crippen molar-refractivity contribution in [1.29, 1.82) is 0 Å². The second kappa shape index (κ2) is 3.77. The molecular weight excluding hydrogens is 232 g/mol. The average molecular weight is 242 g/mol. The summed E-state index contributed by atoms with van der Waals surface area (Å²) in [5.74, 6) is -1.06. The summed E-state index contributed by atoms with van der Waals surface area (Å²) < 4.78 is 5.62. The highest BCUT2D eigenvalue weighted by Gasteiger charge is 2.34. The molecule has 0 bridgehead atoms. The molecular formula is C14H10O4. The zero-order chi connectivity index (χ0) is 12.7. The van der Waals surface area contributed by atoms with Crippen LogP contribution in [0.2, 0.25) is 0 Å². The molecule has 3 rings (SSSR count). The lowest BCUT2D eigenvalue weighted by Crippen LogP contribution is -2.18. The zero-order valence-corrected chi connectivity index (χ0v) is 9.33. The minimum atomic E-state index is -1.01. The van der Waals surface area contributed by atoms with Crippen LogP contribution in [0.4, 0.5) is 0 Å². The van der Waals surface area contributed by atoms with Crippen LogP contribution in [0.15, 0.2) is 42.5 Å². The van der Waals surface area contributed by atoms with Crippen LogP contribution in [0.25, 0.3) is 0 Å². The maximum Gasteiger partial charge on any atom is 0.315 e. The van der Waals surface area contributed by atoms with Crippen molar-refractivity contribution in [1.82, 2.24) is 0 Å². The number of phenolic OH excluding ortho intramolecular Hbond substituents is 1. The van der Waals surface area contributed by atoms with E-state index in [0.29, 0.717) is 22.6 Å².